The molecule has 1 aromatic rings. The second kappa shape index (κ2) is 4.40. The molecule has 1 aliphatic heterocycles. The summed E-state index contributed by atoms with van der Waals surface area (Å²) in [6.07, 6.45) is 1.02. The van der Waals surface area contributed by atoms with Crippen molar-refractivity contribution in [2.24, 2.45) is 0 Å². The van der Waals surface area contributed by atoms with Crippen LogP contribution in [-0.4, -0.2) is 26.4 Å². The smallest absolute Gasteiger partial charge is 0.146 e. The van der Waals surface area contributed by atoms with Crippen LogP contribution in [0.5, 0.6) is 11.5 Å². The molecule has 4 nitrogen and oxygen atoms in total. The Kier molecular flexibility index (Phi) is 2.97. The van der Waals surface area contributed by atoms with Crippen LogP contribution in [0.4, 0.5) is 5.69 Å². The molecule has 0 aromatic heterocycles. The van der Waals surface area contributed by atoms with Crippen molar-refractivity contribution in [1.82, 2.24) is 0 Å². The lowest BCUT2D eigenvalue weighted by Crippen LogP contribution is -2.16. The number of hydrogen-bond acceptors (Lipinski definition) is 4. The largest absolute Gasteiger partial charge is 0.494 e. The number of benzene rings is 1. The number of anilines is 1. The minimum absolute atomic E-state index is 0.111. The Hall–Kier alpha value is -1.42. The molecule has 2 N–H and O–H groups in total. The summed E-state index contributed by atoms with van der Waals surface area (Å²) in [4.78, 5) is 0. The summed E-state index contributed by atoms with van der Waals surface area (Å²) in [5.41, 5.74) is 6.43. The van der Waals surface area contributed by atoms with Crippen molar-refractivity contribution in [3.8, 4) is 11.5 Å². The van der Waals surface area contributed by atoms with E-state index in [-0.39, 0.29) is 6.10 Å². The van der Waals surface area contributed by atoms with E-state index in [1.54, 1.807) is 7.11 Å². The van der Waals surface area contributed by atoms with Crippen molar-refractivity contribution in [1.29, 1.82) is 0 Å². The first kappa shape index (κ1) is 10.1. The Bertz CT molecular complexity index is 335. The van der Waals surface area contributed by atoms with Crippen LogP contribution in [0.1, 0.15) is 6.42 Å². The third-order valence-corrected chi connectivity index (χ3v) is 2.43. The number of hydrogen-bond donors (Lipinski definition) is 1. The standard InChI is InChI=1S/C11H15NO3/c1-13-9-3-2-4-10(11(9)12)15-8-5-6-14-7-8/h2-4,8H,5-7,12H2,1H3/t8-/m1/s1. The van der Waals surface area contributed by atoms with Gasteiger partial charge < -0.3 is 19.9 Å². The first-order valence-electron chi connectivity index (χ1n) is 4.98. The summed E-state index contributed by atoms with van der Waals surface area (Å²) in [6, 6.07) is 5.52. The molecule has 0 amide bonds. The van der Waals surface area contributed by atoms with Gasteiger partial charge in [0.1, 0.15) is 23.3 Å². The van der Waals surface area contributed by atoms with Crippen LogP contribution in [0.15, 0.2) is 18.2 Å². The third-order valence-electron chi connectivity index (χ3n) is 2.43. The Labute approximate surface area is 88.9 Å². The van der Waals surface area contributed by atoms with E-state index in [0.717, 1.165) is 13.0 Å². The lowest BCUT2D eigenvalue weighted by molar-refractivity contribution is 0.141. The van der Waals surface area contributed by atoms with Gasteiger partial charge in [-0.15, -0.1) is 0 Å². The summed E-state index contributed by atoms with van der Waals surface area (Å²) >= 11 is 0. The van der Waals surface area contributed by atoms with Crippen LogP contribution in [0.3, 0.4) is 0 Å². The molecule has 0 radical (unpaired) electrons. The highest BCUT2D eigenvalue weighted by Crippen LogP contribution is 2.32. The van der Waals surface area contributed by atoms with Gasteiger partial charge in [0.25, 0.3) is 0 Å². The predicted octanol–water partition coefficient (Wildman–Crippen LogP) is 1.45. The Morgan fingerprint density at radius 3 is 2.87 bits per heavy atom. The van der Waals surface area contributed by atoms with Crippen LogP contribution in [0.25, 0.3) is 0 Å². The van der Waals surface area contributed by atoms with Gasteiger partial charge in [-0.2, -0.15) is 0 Å². The maximum atomic E-state index is 5.88. The average molecular weight is 209 g/mol. The molecule has 2 rings (SSSR count). The maximum Gasteiger partial charge on any atom is 0.146 e. The predicted molar refractivity (Wildman–Crippen MR) is 57.3 cm³/mol. The van der Waals surface area contributed by atoms with Crippen LogP contribution < -0.4 is 15.2 Å². The second-order valence-corrected chi connectivity index (χ2v) is 3.48. The SMILES string of the molecule is COc1cccc(O[C@@H]2CCOC2)c1N. The summed E-state index contributed by atoms with van der Waals surface area (Å²) in [7, 11) is 1.59. The summed E-state index contributed by atoms with van der Waals surface area (Å²) in [6.45, 7) is 1.39. The molecule has 82 valence electrons. The lowest BCUT2D eigenvalue weighted by atomic mass is 10.2. The van der Waals surface area contributed by atoms with Crippen LogP contribution in [0, 0.1) is 0 Å². The van der Waals surface area contributed by atoms with Gasteiger partial charge in [-0.25, -0.2) is 0 Å². The number of rotatable bonds is 3. The van der Waals surface area contributed by atoms with E-state index >= 15 is 0 Å². The van der Waals surface area contributed by atoms with Gasteiger partial charge in [0.05, 0.1) is 20.3 Å². The maximum absolute atomic E-state index is 5.88. The highest BCUT2D eigenvalue weighted by atomic mass is 16.5. The van der Waals surface area contributed by atoms with E-state index < -0.39 is 0 Å². The molecule has 1 atom stereocenters. The van der Waals surface area contributed by atoms with Gasteiger partial charge in [0.2, 0.25) is 0 Å². The van der Waals surface area contributed by atoms with E-state index in [4.69, 9.17) is 19.9 Å². The van der Waals surface area contributed by atoms with Gasteiger partial charge in [0.15, 0.2) is 0 Å². The Morgan fingerprint density at radius 2 is 2.20 bits per heavy atom. The van der Waals surface area contributed by atoms with E-state index in [9.17, 15) is 0 Å². The molecular formula is C11H15NO3. The van der Waals surface area contributed by atoms with E-state index in [2.05, 4.69) is 0 Å². The van der Waals surface area contributed by atoms with Gasteiger partial charge in [-0.05, 0) is 12.1 Å². The van der Waals surface area contributed by atoms with Crippen molar-refractivity contribution in [3.05, 3.63) is 18.2 Å². The van der Waals surface area contributed by atoms with Gasteiger partial charge in [-0.1, -0.05) is 6.07 Å². The Morgan fingerprint density at radius 1 is 1.40 bits per heavy atom. The number of methoxy groups -OCH3 is 1. The zero-order valence-electron chi connectivity index (χ0n) is 8.73. The van der Waals surface area contributed by atoms with E-state index in [1.807, 2.05) is 18.2 Å². The number of nitrogens with two attached hydrogens (primary N) is 1. The minimum atomic E-state index is 0.111. The van der Waals surface area contributed by atoms with Crippen molar-refractivity contribution in [3.63, 3.8) is 0 Å². The summed E-state index contributed by atoms with van der Waals surface area (Å²) in [5, 5.41) is 0. The molecule has 4 heteroatoms. The number of ether oxygens (including phenoxy) is 3. The summed E-state index contributed by atoms with van der Waals surface area (Å²) in [5.74, 6) is 1.32. The molecule has 0 saturated carbocycles. The quantitative estimate of drug-likeness (QED) is 0.765. The molecule has 1 saturated heterocycles. The van der Waals surface area contributed by atoms with Crippen molar-refractivity contribution < 1.29 is 14.2 Å². The van der Waals surface area contributed by atoms with Crippen LogP contribution >= 0.6 is 0 Å². The third kappa shape index (κ3) is 2.15. The van der Waals surface area contributed by atoms with Crippen LogP contribution in [-0.2, 0) is 4.74 Å². The number of para-hydroxylation sites is 1. The molecular weight excluding hydrogens is 194 g/mol. The van der Waals surface area contributed by atoms with Crippen molar-refractivity contribution >= 4 is 5.69 Å². The molecule has 0 aliphatic carbocycles. The molecule has 15 heavy (non-hydrogen) atoms. The molecule has 1 aliphatic rings. The highest BCUT2D eigenvalue weighted by molar-refractivity contribution is 5.62. The van der Waals surface area contributed by atoms with Crippen molar-refractivity contribution in [2.75, 3.05) is 26.1 Å². The average Bonchev–Trinajstić information content (AvgIpc) is 2.74. The molecule has 1 fully saturated rings. The van der Waals surface area contributed by atoms with E-state index in [1.165, 1.54) is 0 Å². The lowest BCUT2D eigenvalue weighted by Gasteiger charge is -2.15. The normalized spacial score (nSPS) is 20.2. The minimum Gasteiger partial charge on any atom is -0.494 e. The number of nitrogen functional groups attached to an aromatic ring is 1. The molecule has 0 unspecified atom stereocenters. The van der Waals surface area contributed by atoms with Crippen LogP contribution in [0.2, 0.25) is 0 Å². The topological polar surface area (TPSA) is 53.7 Å². The fourth-order valence-electron chi connectivity index (χ4n) is 1.59. The monoisotopic (exact) mass is 209 g/mol. The first-order valence-corrected chi connectivity index (χ1v) is 4.98. The first-order chi connectivity index (χ1) is 7.31. The van der Waals surface area contributed by atoms with Gasteiger partial charge in [0, 0.05) is 6.42 Å². The van der Waals surface area contributed by atoms with E-state index in [0.29, 0.717) is 23.8 Å². The zero-order valence-corrected chi connectivity index (χ0v) is 8.73. The Balaban J connectivity index is 2.13. The van der Waals surface area contributed by atoms with Gasteiger partial charge in [-0.3, -0.25) is 0 Å². The second-order valence-electron chi connectivity index (χ2n) is 3.48. The molecule has 0 spiro atoms. The highest BCUT2D eigenvalue weighted by Gasteiger charge is 2.18. The fourth-order valence-corrected chi connectivity index (χ4v) is 1.59. The van der Waals surface area contributed by atoms with Gasteiger partial charge >= 0.3 is 0 Å². The molecule has 0 bridgehead atoms. The molecule has 1 heterocycles. The fraction of sp³-hybridized carbons (Fsp3) is 0.455. The van der Waals surface area contributed by atoms with Crippen molar-refractivity contribution in [2.45, 2.75) is 12.5 Å². The summed E-state index contributed by atoms with van der Waals surface area (Å²) < 4.78 is 16.1. The molecule has 1 aromatic carbocycles. The zero-order chi connectivity index (χ0) is 10.7.